The van der Waals surface area contributed by atoms with Crippen LogP contribution in [0.1, 0.15) is 38.8 Å². The normalized spacial score (nSPS) is 14.1. The summed E-state index contributed by atoms with van der Waals surface area (Å²) >= 11 is 0. The maximum atomic E-state index is 9.40. The Morgan fingerprint density at radius 1 is 1.21 bits per heavy atom. The molecule has 1 unspecified atom stereocenters. The van der Waals surface area contributed by atoms with Crippen LogP contribution in [0.15, 0.2) is 24.3 Å². The molecule has 14 heavy (non-hydrogen) atoms. The predicted octanol–water partition coefficient (Wildman–Crippen LogP) is 2.91. The summed E-state index contributed by atoms with van der Waals surface area (Å²) in [4.78, 5) is 0. The van der Waals surface area contributed by atoms with E-state index in [1.807, 2.05) is 13.0 Å². The fourth-order valence-corrected chi connectivity index (χ4v) is 1.75. The summed E-state index contributed by atoms with van der Waals surface area (Å²) in [6.07, 6.45) is 0.478. The second kappa shape index (κ2) is 4.14. The average Bonchev–Trinajstić information content (AvgIpc) is 2.01. The van der Waals surface area contributed by atoms with Crippen LogP contribution in [-0.2, 0) is 11.8 Å². The summed E-state index contributed by atoms with van der Waals surface area (Å²) in [6, 6.07) is 8.35. The van der Waals surface area contributed by atoms with Crippen molar-refractivity contribution in [1.29, 1.82) is 0 Å². The van der Waals surface area contributed by atoms with Crippen LogP contribution in [0.5, 0.6) is 0 Å². The number of aliphatic hydroxyl groups is 1. The highest BCUT2D eigenvalue weighted by Gasteiger charge is 2.17. The van der Waals surface area contributed by atoms with Crippen molar-refractivity contribution in [3.8, 4) is 0 Å². The van der Waals surface area contributed by atoms with Gasteiger partial charge in [0.1, 0.15) is 0 Å². The number of aliphatic hydroxyl groups excluding tert-OH is 1. The lowest BCUT2D eigenvalue weighted by Crippen LogP contribution is -2.16. The lowest BCUT2D eigenvalue weighted by molar-refractivity contribution is 0.195. The van der Waals surface area contributed by atoms with Crippen molar-refractivity contribution in [2.24, 2.45) is 0 Å². The third kappa shape index (κ3) is 2.85. The molecule has 1 rings (SSSR count). The molecule has 0 saturated carbocycles. The van der Waals surface area contributed by atoms with E-state index < -0.39 is 0 Å². The summed E-state index contributed by atoms with van der Waals surface area (Å²) in [5, 5.41) is 9.40. The van der Waals surface area contributed by atoms with Crippen molar-refractivity contribution in [2.45, 2.75) is 45.6 Å². The van der Waals surface area contributed by atoms with E-state index in [1.165, 1.54) is 11.1 Å². The predicted molar refractivity (Wildman–Crippen MR) is 60.5 cm³/mol. The van der Waals surface area contributed by atoms with Crippen molar-refractivity contribution >= 4 is 0 Å². The Balaban J connectivity index is 3.04. The monoisotopic (exact) mass is 192 g/mol. The molecule has 0 spiro atoms. The lowest BCUT2D eigenvalue weighted by atomic mass is 9.82. The molecular weight excluding hydrogens is 172 g/mol. The van der Waals surface area contributed by atoms with Gasteiger partial charge in [-0.3, -0.25) is 0 Å². The first-order chi connectivity index (χ1) is 6.41. The van der Waals surface area contributed by atoms with Gasteiger partial charge >= 0.3 is 0 Å². The van der Waals surface area contributed by atoms with Crippen LogP contribution in [0.2, 0.25) is 0 Å². The van der Waals surface area contributed by atoms with Crippen LogP contribution in [0.3, 0.4) is 0 Å². The zero-order valence-corrected chi connectivity index (χ0v) is 9.54. The maximum absolute atomic E-state index is 9.40. The van der Waals surface area contributed by atoms with Crippen molar-refractivity contribution in [3.05, 3.63) is 35.4 Å². The summed E-state index contributed by atoms with van der Waals surface area (Å²) in [6.45, 7) is 8.44. The highest BCUT2D eigenvalue weighted by Crippen LogP contribution is 2.26. The first-order valence-corrected chi connectivity index (χ1v) is 5.17. The number of rotatable bonds is 2. The van der Waals surface area contributed by atoms with Crippen molar-refractivity contribution < 1.29 is 5.11 Å². The molecular formula is C13H20O. The Morgan fingerprint density at radius 2 is 1.79 bits per heavy atom. The van der Waals surface area contributed by atoms with Crippen molar-refractivity contribution in [2.75, 3.05) is 0 Å². The Hall–Kier alpha value is -0.820. The molecule has 1 nitrogen and oxygen atoms in total. The van der Waals surface area contributed by atoms with Gasteiger partial charge in [-0.15, -0.1) is 0 Å². The van der Waals surface area contributed by atoms with E-state index in [-0.39, 0.29) is 11.5 Å². The lowest BCUT2D eigenvalue weighted by Gasteiger charge is -2.23. The van der Waals surface area contributed by atoms with Gasteiger partial charge in [0.25, 0.3) is 0 Å². The van der Waals surface area contributed by atoms with Crippen LogP contribution in [-0.4, -0.2) is 11.2 Å². The standard InChI is InChI=1S/C13H20O/c1-10(14)9-11-7-5-6-8-12(11)13(2,3)4/h5-8,10,14H,9H2,1-4H3. The zero-order chi connectivity index (χ0) is 10.8. The Bertz CT molecular complexity index is 294. The Morgan fingerprint density at radius 3 is 2.29 bits per heavy atom. The van der Waals surface area contributed by atoms with E-state index >= 15 is 0 Å². The van der Waals surface area contributed by atoms with Gasteiger partial charge in [-0.25, -0.2) is 0 Å². The first-order valence-electron chi connectivity index (χ1n) is 5.17. The van der Waals surface area contributed by atoms with Gasteiger partial charge in [0.2, 0.25) is 0 Å². The van der Waals surface area contributed by atoms with E-state index in [9.17, 15) is 5.11 Å². The fourth-order valence-electron chi connectivity index (χ4n) is 1.75. The van der Waals surface area contributed by atoms with Crippen LogP contribution in [0.25, 0.3) is 0 Å². The van der Waals surface area contributed by atoms with Gasteiger partial charge in [-0.05, 0) is 29.9 Å². The molecule has 1 aromatic carbocycles. The van der Waals surface area contributed by atoms with Gasteiger partial charge in [-0.2, -0.15) is 0 Å². The topological polar surface area (TPSA) is 20.2 Å². The highest BCUT2D eigenvalue weighted by molar-refractivity contribution is 5.33. The van der Waals surface area contributed by atoms with Crippen molar-refractivity contribution in [1.82, 2.24) is 0 Å². The molecule has 1 N–H and O–H groups in total. The third-order valence-corrected chi connectivity index (χ3v) is 2.34. The molecule has 0 aliphatic rings. The van der Waals surface area contributed by atoms with Gasteiger partial charge in [0.05, 0.1) is 6.10 Å². The maximum Gasteiger partial charge on any atom is 0.0552 e. The minimum absolute atomic E-state index is 0.158. The van der Waals surface area contributed by atoms with Gasteiger partial charge < -0.3 is 5.11 Å². The van der Waals surface area contributed by atoms with Crippen LogP contribution >= 0.6 is 0 Å². The minimum atomic E-state index is -0.265. The van der Waals surface area contributed by atoms with Gasteiger partial charge in [0, 0.05) is 0 Å². The van der Waals surface area contributed by atoms with E-state index in [2.05, 4.69) is 39.0 Å². The summed E-state index contributed by atoms with van der Waals surface area (Å²) in [5.41, 5.74) is 2.75. The third-order valence-electron chi connectivity index (χ3n) is 2.34. The summed E-state index contributed by atoms with van der Waals surface area (Å²) in [7, 11) is 0. The molecule has 0 heterocycles. The van der Waals surface area contributed by atoms with Gasteiger partial charge in [0.15, 0.2) is 0 Å². The largest absolute Gasteiger partial charge is 0.393 e. The second-order valence-corrected chi connectivity index (χ2v) is 4.96. The van der Waals surface area contributed by atoms with Crippen LogP contribution in [0.4, 0.5) is 0 Å². The minimum Gasteiger partial charge on any atom is -0.393 e. The quantitative estimate of drug-likeness (QED) is 0.764. The molecule has 0 aliphatic carbocycles. The van der Waals surface area contributed by atoms with E-state index in [1.54, 1.807) is 0 Å². The number of hydrogen-bond donors (Lipinski definition) is 1. The summed E-state index contributed by atoms with van der Waals surface area (Å²) < 4.78 is 0. The smallest absolute Gasteiger partial charge is 0.0552 e. The van der Waals surface area contributed by atoms with E-state index in [0.717, 1.165) is 6.42 Å². The molecule has 0 bridgehead atoms. The first kappa shape index (κ1) is 11.3. The molecule has 0 saturated heterocycles. The number of hydrogen-bond acceptors (Lipinski definition) is 1. The summed E-state index contributed by atoms with van der Waals surface area (Å²) in [5.74, 6) is 0. The molecule has 78 valence electrons. The molecule has 0 radical (unpaired) electrons. The molecule has 0 aromatic heterocycles. The fraction of sp³-hybridized carbons (Fsp3) is 0.538. The number of benzene rings is 1. The van der Waals surface area contributed by atoms with E-state index in [0.29, 0.717) is 0 Å². The Kier molecular flexibility index (Phi) is 3.33. The van der Waals surface area contributed by atoms with Crippen LogP contribution in [0, 0.1) is 0 Å². The van der Waals surface area contributed by atoms with Gasteiger partial charge in [-0.1, -0.05) is 45.0 Å². The zero-order valence-electron chi connectivity index (χ0n) is 9.54. The SMILES string of the molecule is CC(O)Cc1ccccc1C(C)(C)C. The van der Waals surface area contributed by atoms with Crippen molar-refractivity contribution in [3.63, 3.8) is 0 Å². The van der Waals surface area contributed by atoms with E-state index in [4.69, 9.17) is 0 Å². The Labute approximate surface area is 86.8 Å². The molecule has 0 fully saturated rings. The molecule has 1 atom stereocenters. The second-order valence-electron chi connectivity index (χ2n) is 4.96. The molecule has 1 heteroatoms. The average molecular weight is 192 g/mol. The molecule has 0 aliphatic heterocycles. The highest BCUT2D eigenvalue weighted by atomic mass is 16.3. The molecule has 1 aromatic rings. The molecule has 0 amide bonds. The van der Waals surface area contributed by atoms with Crippen LogP contribution < -0.4 is 0 Å².